The third-order valence-electron chi connectivity index (χ3n) is 5.23. The number of aryl methyl sites for hydroxylation is 1. The van der Waals surface area contributed by atoms with Crippen LogP contribution in [0.3, 0.4) is 0 Å². The Morgan fingerprint density at radius 3 is 2.53 bits per heavy atom. The minimum atomic E-state index is -0.313. The quantitative estimate of drug-likeness (QED) is 0.501. The molecular formula is C24H23N5O3. The van der Waals surface area contributed by atoms with E-state index < -0.39 is 0 Å². The minimum absolute atomic E-state index is 0.313. The van der Waals surface area contributed by atoms with Gasteiger partial charge in [0.05, 0.1) is 17.9 Å². The van der Waals surface area contributed by atoms with E-state index in [1.165, 1.54) is 0 Å². The first-order valence-electron chi connectivity index (χ1n) is 10.4. The number of nitrogens with one attached hydrogen (secondary N) is 2. The molecule has 5 rings (SSSR count). The van der Waals surface area contributed by atoms with Crippen molar-refractivity contribution in [2.75, 3.05) is 18.5 Å². The first-order valence-corrected chi connectivity index (χ1v) is 10.4. The number of urea groups is 1. The summed E-state index contributed by atoms with van der Waals surface area (Å²) in [5, 5.41) is 10.5. The maximum absolute atomic E-state index is 12.6. The van der Waals surface area contributed by atoms with E-state index >= 15 is 0 Å². The molecule has 8 heteroatoms. The first-order chi connectivity index (χ1) is 15.7. The molecule has 0 radical (unpaired) electrons. The Bertz CT molecular complexity index is 1230. The average Bonchev–Trinajstić information content (AvgIpc) is 3.46. The number of para-hydroxylation sites is 1. The number of anilines is 1. The van der Waals surface area contributed by atoms with E-state index in [0.29, 0.717) is 36.9 Å². The molecule has 0 bridgehead atoms. The van der Waals surface area contributed by atoms with E-state index in [2.05, 4.69) is 10.6 Å². The molecule has 2 N–H and O–H groups in total. The summed E-state index contributed by atoms with van der Waals surface area (Å²) in [5.74, 6) is 2.20. The van der Waals surface area contributed by atoms with Crippen LogP contribution in [-0.2, 0) is 6.54 Å². The van der Waals surface area contributed by atoms with Gasteiger partial charge < -0.3 is 24.7 Å². The Kier molecular flexibility index (Phi) is 5.25. The molecule has 3 heterocycles. The second-order valence-electron chi connectivity index (χ2n) is 7.39. The number of amides is 2. The zero-order valence-corrected chi connectivity index (χ0v) is 17.6. The molecule has 2 aromatic carbocycles. The summed E-state index contributed by atoms with van der Waals surface area (Å²) in [4.78, 5) is 12.6. The van der Waals surface area contributed by atoms with Crippen LogP contribution in [0, 0.1) is 6.92 Å². The van der Waals surface area contributed by atoms with E-state index in [9.17, 15) is 4.79 Å². The molecule has 0 spiro atoms. The van der Waals surface area contributed by atoms with Gasteiger partial charge >= 0.3 is 6.03 Å². The Morgan fingerprint density at radius 1 is 1.00 bits per heavy atom. The normalized spacial score (nSPS) is 12.4. The van der Waals surface area contributed by atoms with Gasteiger partial charge in [-0.05, 0) is 43.3 Å². The van der Waals surface area contributed by atoms with E-state index in [1.54, 1.807) is 18.2 Å². The van der Waals surface area contributed by atoms with E-state index in [-0.39, 0.29) is 6.03 Å². The maximum atomic E-state index is 12.6. The van der Waals surface area contributed by atoms with Gasteiger partial charge in [0, 0.05) is 29.7 Å². The van der Waals surface area contributed by atoms with Crippen LogP contribution in [-0.4, -0.2) is 33.6 Å². The molecule has 0 fully saturated rings. The average molecular weight is 429 g/mol. The van der Waals surface area contributed by atoms with Crippen LogP contribution in [0.2, 0.25) is 0 Å². The Balaban J connectivity index is 1.36. The van der Waals surface area contributed by atoms with Gasteiger partial charge in [-0.2, -0.15) is 5.10 Å². The minimum Gasteiger partial charge on any atom is -0.486 e. The summed E-state index contributed by atoms with van der Waals surface area (Å²) in [5.41, 5.74) is 3.36. The molecule has 162 valence electrons. The first kappa shape index (κ1) is 19.7. The zero-order valence-electron chi connectivity index (χ0n) is 17.6. The fourth-order valence-corrected chi connectivity index (χ4v) is 3.71. The lowest BCUT2D eigenvalue weighted by Crippen LogP contribution is -2.29. The largest absolute Gasteiger partial charge is 0.486 e. The summed E-state index contributed by atoms with van der Waals surface area (Å²) in [6.07, 6.45) is 3.93. The number of carbonyl (C=O) groups is 1. The highest BCUT2D eigenvalue weighted by molar-refractivity contribution is 5.89. The van der Waals surface area contributed by atoms with Crippen LogP contribution in [0.5, 0.6) is 11.5 Å². The lowest BCUT2D eigenvalue weighted by atomic mass is 10.2. The summed E-state index contributed by atoms with van der Waals surface area (Å²) >= 11 is 0. The number of hydrogen-bond donors (Lipinski definition) is 2. The van der Waals surface area contributed by atoms with Crippen LogP contribution >= 0.6 is 0 Å². The monoisotopic (exact) mass is 429 g/mol. The zero-order chi connectivity index (χ0) is 21.9. The van der Waals surface area contributed by atoms with Crippen molar-refractivity contribution in [2.45, 2.75) is 13.5 Å². The summed E-state index contributed by atoms with van der Waals surface area (Å²) in [6, 6.07) is 18.9. The highest BCUT2D eigenvalue weighted by atomic mass is 16.6. The molecule has 2 aromatic heterocycles. The van der Waals surface area contributed by atoms with E-state index in [4.69, 9.17) is 14.6 Å². The topological polar surface area (TPSA) is 82.3 Å². The van der Waals surface area contributed by atoms with Crippen molar-refractivity contribution in [3.05, 3.63) is 84.3 Å². The lowest BCUT2D eigenvalue weighted by molar-refractivity contribution is 0.171. The van der Waals surface area contributed by atoms with Gasteiger partial charge in [0.2, 0.25) is 0 Å². The standard InChI is InChI=1S/C24H23N5O3/c1-17-20(16-25-24(30)26-18-9-10-21-22(15-18)32-14-13-31-21)23(28-11-5-6-12-28)29(27-17)19-7-3-2-4-8-19/h2-12,15H,13-14,16H2,1H3,(H2,25,26,30). The summed E-state index contributed by atoms with van der Waals surface area (Å²) in [7, 11) is 0. The summed E-state index contributed by atoms with van der Waals surface area (Å²) < 4.78 is 15.0. The van der Waals surface area contributed by atoms with Gasteiger partial charge in [0.25, 0.3) is 0 Å². The molecule has 0 saturated carbocycles. The molecule has 2 amide bonds. The number of carbonyl (C=O) groups excluding carboxylic acids is 1. The SMILES string of the molecule is Cc1nn(-c2ccccc2)c(-n2cccc2)c1CNC(=O)Nc1ccc2c(c1)OCCO2. The van der Waals surface area contributed by atoms with Crippen LogP contribution in [0.25, 0.3) is 11.5 Å². The van der Waals surface area contributed by atoms with Crippen molar-refractivity contribution in [2.24, 2.45) is 0 Å². The van der Waals surface area contributed by atoms with Gasteiger partial charge in [-0.1, -0.05) is 18.2 Å². The Morgan fingerprint density at radius 2 is 1.75 bits per heavy atom. The number of fused-ring (bicyclic) bond motifs is 1. The van der Waals surface area contributed by atoms with Gasteiger partial charge in [-0.25, -0.2) is 9.48 Å². The molecule has 0 atom stereocenters. The maximum Gasteiger partial charge on any atom is 0.319 e. The predicted molar refractivity (Wildman–Crippen MR) is 121 cm³/mol. The molecule has 32 heavy (non-hydrogen) atoms. The summed E-state index contributed by atoms with van der Waals surface area (Å²) in [6.45, 7) is 3.29. The van der Waals surface area contributed by atoms with E-state index in [0.717, 1.165) is 22.8 Å². The third kappa shape index (κ3) is 3.90. The smallest absolute Gasteiger partial charge is 0.319 e. The van der Waals surface area contributed by atoms with Gasteiger partial charge in [-0.15, -0.1) is 0 Å². The number of hydrogen-bond acceptors (Lipinski definition) is 4. The molecule has 0 aliphatic carbocycles. The molecule has 4 aromatic rings. The number of ether oxygens (including phenoxy) is 2. The molecule has 8 nitrogen and oxygen atoms in total. The van der Waals surface area contributed by atoms with Crippen molar-refractivity contribution in [3.63, 3.8) is 0 Å². The number of benzene rings is 2. The van der Waals surface area contributed by atoms with Crippen LogP contribution in [0.1, 0.15) is 11.3 Å². The third-order valence-corrected chi connectivity index (χ3v) is 5.23. The van der Waals surface area contributed by atoms with Crippen LogP contribution in [0.15, 0.2) is 73.1 Å². The fourth-order valence-electron chi connectivity index (χ4n) is 3.71. The highest BCUT2D eigenvalue weighted by Gasteiger charge is 2.19. The number of aromatic nitrogens is 3. The van der Waals surface area contributed by atoms with Crippen molar-refractivity contribution in [3.8, 4) is 23.0 Å². The van der Waals surface area contributed by atoms with Crippen LogP contribution in [0.4, 0.5) is 10.5 Å². The van der Waals surface area contributed by atoms with Crippen molar-refractivity contribution in [1.29, 1.82) is 0 Å². The Labute approximate surface area is 185 Å². The van der Waals surface area contributed by atoms with Crippen molar-refractivity contribution >= 4 is 11.7 Å². The van der Waals surface area contributed by atoms with Gasteiger partial charge in [0.1, 0.15) is 19.0 Å². The number of rotatable bonds is 5. The molecular weight excluding hydrogens is 406 g/mol. The van der Waals surface area contributed by atoms with Crippen molar-refractivity contribution in [1.82, 2.24) is 19.7 Å². The molecule has 1 aliphatic heterocycles. The van der Waals surface area contributed by atoms with Crippen LogP contribution < -0.4 is 20.1 Å². The van der Waals surface area contributed by atoms with Gasteiger partial charge in [-0.3, -0.25) is 0 Å². The predicted octanol–water partition coefficient (Wildman–Crippen LogP) is 4.06. The van der Waals surface area contributed by atoms with Crippen molar-refractivity contribution < 1.29 is 14.3 Å². The molecule has 1 aliphatic rings. The highest BCUT2D eigenvalue weighted by Crippen LogP contribution is 2.32. The molecule has 0 unspecified atom stereocenters. The lowest BCUT2D eigenvalue weighted by Gasteiger charge is -2.19. The Hall–Kier alpha value is -4.20. The van der Waals surface area contributed by atoms with Gasteiger partial charge in [0.15, 0.2) is 11.5 Å². The second-order valence-corrected chi connectivity index (χ2v) is 7.39. The fraction of sp³-hybridized carbons (Fsp3) is 0.167. The number of nitrogens with zero attached hydrogens (tertiary/aromatic N) is 3. The van der Waals surface area contributed by atoms with E-state index in [1.807, 2.05) is 71.0 Å². The second kappa shape index (κ2) is 8.50. The molecule has 0 saturated heterocycles.